The zero-order valence-electron chi connectivity index (χ0n) is 10.8. The molecule has 0 spiro atoms. The molecule has 4 heteroatoms. The van der Waals surface area contributed by atoms with E-state index in [1.807, 2.05) is 43.3 Å². The fourth-order valence-corrected chi connectivity index (χ4v) is 2.13. The van der Waals surface area contributed by atoms with E-state index in [4.69, 9.17) is 9.84 Å². The average Bonchev–Trinajstić information content (AvgIpc) is 2.90. The first-order valence-corrected chi connectivity index (χ1v) is 6.28. The van der Waals surface area contributed by atoms with Gasteiger partial charge in [0.05, 0.1) is 13.0 Å². The van der Waals surface area contributed by atoms with Gasteiger partial charge in [0.2, 0.25) is 0 Å². The predicted molar refractivity (Wildman–Crippen MR) is 72.5 cm³/mol. The van der Waals surface area contributed by atoms with Gasteiger partial charge in [-0.15, -0.1) is 0 Å². The topological polar surface area (TPSA) is 62.3 Å². The summed E-state index contributed by atoms with van der Waals surface area (Å²) in [6.45, 7) is 2.52. The highest BCUT2D eigenvalue weighted by Gasteiger charge is 2.19. The molecule has 2 aromatic rings. The number of hydrogen-bond acceptors (Lipinski definition) is 2. The van der Waals surface area contributed by atoms with Gasteiger partial charge in [0.25, 0.3) is 0 Å². The van der Waals surface area contributed by atoms with Crippen LogP contribution in [-0.2, 0) is 4.79 Å². The van der Waals surface area contributed by atoms with Gasteiger partial charge in [0.15, 0.2) is 0 Å². The van der Waals surface area contributed by atoms with Crippen molar-refractivity contribution in [3.8, 4) is 5.75 Å². The van der Waals surface area contributed by atoms with Crippen molar-refractivity contribution < 1.29 is 14.6 Å². The maximum atomic E-state index is 11.0. The van der Waals surface area contributed by atoms with E-state index in [-0.39, 0.29) is 12.3 Å². The second-order valence-corrected chi connectivity index (χ2v) is 4.28. The fourth-order valence-electron chi connectivity index (χ4n) is 2.13. The van der Waals surface area contributed by atoms with E-state index in [0.29, 0.717) is 6.61 Å². The van der Waals surface area contributed by atoms with Gasteiger partial charge < -0.3 is 14.8 Å². The van der Waals surface area contributed by atoms with Crippen molar-refractivity contribution in [3.63, 3.8) is 0 Å². The van der Waals surface area contributed by atoms with E-state index in [1.165, 1.54) is 0 Å². The number of carbonyl (C=O) groups is 1. The third-order valence-electron chi connectivity index (χ3n) is 2.95. The van der Waals surface area contributed by atoms with Crippen LogP contribution in [-0.4, -0.2) is 22.7 Å². The monoisotopic (exact) mass is 259 g/mol. The summed E-state index contributed by atoms with van der Waals surface area (Å²) in [6.07, 6.45) is 1.85. The van der Waals surface area contributed by atoms with Crippen molar-refractivity contribution in [2.75, 3.05) is 6.61 Å². The molecule has 19 heavy (non-hydrogen) atoms. The maximum Gasteiger partial charge on any atom is 0.304 e. The van der Waals surface area contributed by atoms with Crippen molar-refractivity contribution in [2.45, 2.75) is 19.3 Å². The van der Waals surface area contributed by atoms with E-state index in [1.54, 1.807) is 6.20 Å². The average molecular weight is 259 g/mol. The largest absolute Gasteiger partial charge is 0.494 e. The SMILES string of the molecule is CCOc1cccc(C(CC(=O)O)c2ccc[nH]2)c1. The molecule has 0 aliphatic rings. The minimum Gasteiger partial charge on any atom is -0.494 e. The van der Waals surface area contributed by atoms with E-state index in [2.05, 4.69) is 4.98 Å². The molecule has 0 saturated carbocycles. The van der Waals surface area contributed by atoms with Gasteiger partial charge in [0, 0.05) is 17.8 Å². The number of ether oxygens (including phenoxy) is 1. The van der Waals surface area contributed by atoms with Crippen molar-refractivity contribution in [2.24, 2.45) is 0 Å². The van der Waals surface area contributed by atoms with Crippen LogP contribution in [0.1, 0.15) is 30.5 Å². The molecule has 2 rings (SSSR count). The summed E-state index contributed by atoms with van der Waals surface area (Å²) in [7, 11) is 0. The van der Waals surface area contributed by atoms with Crippen molar-refractivity contribution in [1.29, 1.82) is 0 Å². The van der Waals surface area contributed by atoms with Gasteiger partial charge in [-0.3, -0.25) is 4.79 Å². The molecule has 0 aliphatic carbocycles. The van der Waals surface area contributed by atoms with Crippen LogP contribution in [0.5, 0.6) is 5.75 Å². The third-order valence-corrected chi connectivity index (χ3v) is 2.95. The molecular weight excluding hydrogens is 242 g/mol. The zero-order chi connectivity index (χ0) is 13.7. The Kier molecular flexibility index (Phi) is 4.23. The number of benzene rings is 1. The Labute approximate surface area is 112 Å². The van der Waals surface area contributed by atoms with Gasteiger partial charge in [-0.1, -0.05) is 12.1 Å². The Hall–Kier alpha value is -2.23. The number of aromatic nitrogens is 1. The third kappa shape index (κ3) is 3.37. The van der Waals surface area contributed by atoms with Crippen LogP contribution in [0.15, 0.2) is 42.6 Å². The number of aromatic amines is 1. The van der Waals surface area contributed by atoms with Crippen molar-refractivity contribution in [1.82, 2.24) is 4.98 Å². The molecule has 100 valence electrons. The Balaban J connectivity index is 2.32. The van der Waals surface area contributed by atoms with Gasteiger partial charge in [0.1, 0.15) is 5.75 Å². The molecule has 0 bridgehead atoms. The molecule has 1 aromatic heterocycles. The standard InChI is InChI=1S/C15H17NO3/c1-2-19-12-6-3-5-11(9-12)13(10-15(17)18)14-7-4-8-16-14/h3-9,13,16H,2,10H2,1H3,(H,17,18). The normalized spacial score (nSPS) is 12.1. The molecule has 1 heterocycles. The van der Waals surface area contributed by atoms with E-state index in [9.17, 15) is 4.79 Å². The molecule has 0 aliphatic heterocycles. The Bertz CT molecular complexity index is 534. The summed E-state index contributed by atoms with van der Waals surface area (Å²) < 4.78 is 5.46. The summed E-state index contributed by atoms with van der Waals surface area (Å²) >= 11 is 0. The van der Waals surface area contributed by atoms with E-state index < -0.39 is 5.97 Å². The first-order chi connectivity index (χ1) is 9.20. The molecule has 4 nitrogen and oxygen atoms in total. The number of H-pyrrole nitrogens is 1. The first-order valence-electron chi connectivity index (χ1n) is 6.28. The van der Waals surface area contributed by atoms with Crippen LogP contribution in [0.25, 0.3) is 0 Å². The van der Waals surface area contributed by atoms with Gasteiger partial charge in [-0.05, 0) is 36.8 Å². The van der Waals surface area contributed by atoms with Crippen LogP contribution < -0.4 is 4.74 Å². The summed E-state index contributed by atoms with van der Waals surface area (Å²) in [6, 6.07) is 11.4. The Morgan fingerprint density at radius 2 is 2.21 bits per heavy atom. The van der Waals surface area contributed by atoms with Crippen LogP contribution >= 0.6 is 0 Å². The lowest BCUT2D eigenvalue weighted by molar-refractivity contribution is -0.137. The van der Waals surface area contributed by atoms with Crippen molar-refractivity contribution >= 4 is 5.97 Å². The second-order valence-electron chi connectivity index (χ2n) is 4.28. The van der Waals surface area contributed by atoms with Crippen molar-refractivity contribution in [3.05, 3.63) is 53.9 Å². The molecule has 2 N–H and O–H groups in total. The summed E-state index contributed by atoms with van der Waals surface area (Å²) in [5.41, 5.74) is 1.84. The number of nitrogens with one attached hydrogen (secondary N) is 1. The van der Waals surface area contributed by atoms with Crippen LogP contribution in [0.3, 0.4) is 0 Å². The molecule has 0 amide bonds. The minimum absolute atomic E-state index is 0.0517. The van der Waals surface area contributed by atoms with Gasteiger partial charge >= 0.3 is 5.97 Å². The fraction of sp³-hybridized carbons (Fsp3) is 0.267. The molecule has 0 saturated heterocycles. The number of carboxylic acid groups (broad SMARTS) is 1. The number of carboxylic acids is 1. The predicted octanol–water partition coefficient (Wildman–Crippen LogP) is 3.02. The highest BCUT2D eigenvalue weighted by molar-refractivity contribution is 5.69. The second kappa shape index (κ2) is 6.09. The smallest absolute Gasteiger partial charge is 0.304 e. The van der Waals surface area contributed by atoms with Crippen LogP contribution in [0.2, 0.25) is 0 Å². The molecule has 1 unspecified atom stereocenters. The highest BCUT2D eigenvalue weighted by atomic mass is 16.5. The highest BCUT2D eigenvalue weighted by Crippen LogP contribution is 2.29. The van der Waals surface area contributed by atoms with E-state index in [0.717, 1.165) is 17.0 Å². The lowest BCUT2D eigenvalue weighted by Gasteiger charge is -2.15. The van der Waals surface area contributed by atoms with Crippen LogP contribution in [0, 0.1) is 0 Å². The molecule has 1 atom stereocenters. The molecule has 1 aromatic carbocycles. The maximum absolute atomic E-state index is 11.0. The molecule has 0 radical (unpaired) electrons. The van der Waals surface area contributed by atoms with Gasteiger partial charge in [-0.25, -0.2) is 0 Å². The number of aliphatic carboxylic acids is 1. The van der Waals surface area contributed by atoms with Gasteiger partial charge in [-0.2, -0.15) is 0 Å². The Morgan fingerprint density at radius 1 is 1.37 bits per heavy atom. The number of hydrogen-bond donors (Lipinski definition) is 2. The summed E-state index contributed by atoms with van der Waals surface area (Å²) in [5, 5.41) is 9.07. The minimum atomic E-state index is -0.818. The van der Waals surface area contributed by atoms with Crippen LogP contribution in [0.4, 0.5) is 0 Å². The lowest BCUT2D eigenvalue weighted by atomic mass is 9.92. The zero-order valence-corrected chi connectivity index (χ0v) is 10.8. The number of rotatable bonds is 6. The Morgan fingerprint density at radius 3 is 2.84 bits per heavy atom. The quantitative estimate of drug-likeness (QED) is 0.838. The molecular formula is C15H17NO3. The first kappa shape index (κ1) is 13.2. The van der Waals surface area contributed by atoms with E-state index >= 15 is 0 Å². The summed E-state index contributed by atoms with van der Waals surface area (Å²) in [5.74, 6) is -0.240. The molecule has 0 fully saturated rings. The lowest BCUT2D eigenvalue weighted by Crippen LogP contribution is -2.08. The summed E-state index contributed by atoms with van der Waals surface area (Å²) in [4.78, 5) is 14.1.